The number of amides is 2. The van der Waals surface area contributed by atoms with Crippen LogP contribution in [0.25, 0.3) is 0 Å². The van der Waals surface area contributed by atoms with Gasteiger partial charge in [-0.2, -0.15) is 0 Å². The van der Waals surface area contributed by atoms with E-state index in [1.165, 1.54) is 0 Å². The average molecular weight is 304 g/mol. The van der Waals surface area contributed by atoms with Gasteiger partial charge in [-0.25, -0.2) is 0 Å². The van der Waals surface area contributed by atoms with E-state index in [9.17, 15) is 9.59 Å². The van der Waals surface area contributed by atoms with Crippen molar-refractivity contribution in [2.75, 3.05) is 6.54 Å². The lowest BCUT2D eigenvalue weighted by molar-refractivity contribution is -0.126. The van der Waals surface area contributed by atoms with Gasteiger partial charge in [-0.05, 0) is 38.5 Å². The fraction of sp³-hybridized carbons (Fsp3) is 0.857. The summed E-state index contributed by atoms with van der Waals surface area (Å²) in [6, 6.07) is 0.597. The average Bonchev–Trinajstić information content (AvgIpc) is 3.18. The molecule has 0 aromatic heterocycles. The molecule has 2 fully saturated rings. The van der Waals surface area contributed by atoms with Crippen molar-refractivity contribution in [3.8, 4) is 0 Å². The largest absolute Gasteiger partial charge is 0.356 e. The van der Waals surface area contributed by atoms with Crippen LogP contribution in [-0.4, -0.2) is 30.4 Å². The van der Waals surface area contributed by atoms with Gasteiger partial charge in [-0.3, -0.25) is 9.59 Å². The lowest BCUT2D eigenvalue weighted by Crippen LogP contribution is -2.38. The molecule has 0 aromatic carbocycles. The summed E-state index contributed by atoms with van der Waals surface area (Å²) >= 11 is 0. The first kappa shape index (κ1) is 17.2. The van der Waals surface area contributed by atoms with Gasteiger partial charge in [0.2, 0.25) is 11.8 Å². The van der Waals surface area contributed by atoms with Crippen LogP contribution in [0.2, 0.25) is 0 Å². The van der Waals surface area contributed by atoms with E-state index in [0.29, 0.717) is 25.4 Å². The molecule has 0 radical (unpaired) electrons. The Labute approximate surface area is 126 Å². The van der Waals surface area contributed by atoms with Crippen LogP contribution in [0.5, 0.6) is 0 Å². The molecule has 2 unspecified atom stereocenters. The molecular formula is C14H26ClN3O2. The molecule has 2 aliphatic carbocycles. The van der Waals surface area contributed by atoms with Gasteiger partial charge >= 0.3 is 0 Å². The van der Waals surface area contributed by atoms with Crippen molar-refractivity contribution < 1.29 is 9.59 Å². The zero-order chi connectivity index (χ0) is 13.7. The molecule has 6 heteroatoms. The van der Waals surface area contributed by atoms with E-state index in [2.05, 4.69) is 10.6 Å². The van der Waals surface area contributed by atoms with Crippen molar-refractivity contribution in [1.29, 1.82) is 0 Å². The highest BCUT2D eigenvalue weighted by atomic mass is 35.5. The molecule has 2 amide bonds. The summed E-state index contributed by atoms with van der Waals surface area (Å²) in [5.41, 5.74) is 5.88. The number of hydrogen-bond donors (Lipinski definition) is 3. The maximum atomic E-state index is 11.9. The molecule has 2 aliphatic rings. The Balaban J connectivity index is 0.00000200. The first-order chi connectivity index (χ1) is 9.15. The summed E-state index contributed by atoms with van der Waals surface area (Å²) in [6.07, 6.45) is 7.27. The second kappa shape index (κ2) is 8.47. The van der Waals surface area contributed by atoms with E-state index in [0.717, 1.165) is 38.5 Å². The Morgan fingerprint density at radius 2 is 1.90 bits per heavy atom. The highest BCUT2D eigenvalue weighted by molar-refractivity contribution is 5.85. The fourth-order valence-electron chi connectivity index (χ4n) is 2.60. The zero-order valence-corrected chi connectivity index (χ0v) is 12.7. The molecular weight excluding hydrogens is 278 g/mol. The van der Waals surface area contributed by atoms with Crippen molar-refractivity contribution in [3.05, 3.63) is 0 Å². The maximum Gasteiger partial charge on any atom is 0.223 e. The summed E-state index contributed by atoms with van der Waals surface area (Å²) in [7, 11) is 0. The number of halogens is 1. The standard InChI is InChI=1S/C14H25N3O2.ClH/c15-11-4-1-3-10(9-11)14(19)16-8-2-5-13(18)17-12-6-7-12;/h10-12H,1-9,15H2,(H,16,19)(H,17,18);1H. The molecule has 2 rings (SSSR count). The molecule has 20 heavy (non-hydrogen) atoms. The van der Waals surface area contributed by atoms with Crippen molar-refractivity contribution in [2.45, 2.75) is 63.5 Å². The minimum atomic E-state index is 0. The molecule has 4 N–H and O–H groups in total. The molecule has 5 nitrogen and oxygen atoms in total. The number of hydrogen-bond acceptors (Lipinski definition) is 3. The van der Waals surface area contributed by atoms with Crippen LogP contribution in [0.15, 0.2) is 0 Å². The number of rotatable bonds is 6. The third kappa shape index (κ3) is 6.09. The molecule has 0 aliphatic heterocycles. The summed E-state index contributed by atoms with van der Waals surface area (Å²) in [6.45, 7) is 0.586. The van der Waals surface area contributed by atoms with Gasteiger partial charge in [0.25, 0.3) is 0 Å². The normalized spacial score (nSPS) is 25.4. The summed E-state index contributed by atoms with van der Waals surface area (Å²) < 4.78 is 0. The first-order valence-electron chi connectivity index (χ1n) is 7.48. The Morgan fingerprint density at radius 1 is 1.15 bits per heavy atom. The number of nitrogens with one attached hydrogen (secondary N) is 2. The van der Waals surface area contributed by atoms with Gasteiger partial charge in [0.1, 0.15) is 0 Å². The van der Waals surface area contributed by atoms with Crippen LogP contribution in [-0.2, 0) is 9.59 Å². The van der Waals surface area contributed by atoms with Gasteiger partial charge < -0.3 is 16.4 Å². The molecule has 2 atom stereocenters. The molecule has 0 bridgehead atoms. The Hall–Kier alpha value is -0.810. The van der Waals surface area contributed by atoms with Crippen LogP contribution in [0.3, 0.4) is 0 Å². The van der Waals surface area contributed by atoms with Crippen LogP contribution in [0, 0.1) is 5.92 Å². The van der Waals surface area contributed by atoms with Crippen molar-refractivity contribution >= 4 is 24.2 Å². The summed E-state index contributed by atoms with van der Waals surface area (Å²) in [5, 5.41) is 5.87. The fourth-order valence-corrected chi connectivity index (χ4v) is 2.60. The van der Waals surface area contributed by atoms with Crippen LogP contribution in [0.4, 0.5) is 0 Å². The minimum Gasteiger partial charge on any atom is -0.356 e. The molecule has 2 saturated carbocycles. The van der Waals surface area contributed by atoms with E-state index in [-0.39, 0.29) is 36.2 Å². The molecule has 0 saturated heterocycles. The van der Waals surface area contributed by atoms with Gasteiger partial charge in [0, 0.05) is 31.0 Å². The third-order valence-electron chi connectivity index (χ3n) is 3.91. The highest BCUT2D eigenvalue weighted by Gasteiger charge is 2.25. The second-order valence-corrected chi connectivity index (χ2v) is 5.86. The highest BCUT2D eigenvalue weighted by Crippen LogP contribution is 2.23. The van der Waals surface area contributed by atoms with E-state index >= 15 is 0 Å². The summed E-state index contributed by atoms with van der Waals surface area (Å²) in [5.74, 6) is 0.290. The Bertz CT molecular complexity index is 334. The minimum absolute atomic E-state index is 0. The van der Waals surface area contributed by atoms with Crippen LogP contribution >= 0.6 is 12.4 Å². The topological polar surface area (TPSA) is 84.2 Å². The maximum absolute atomic E-state index is 11.9. The number of carbonyl (C=O) groups excluding carboxylic acids is 2. The van der Waals surface area contributed by atoms with E-state index in [1.807, 2.05) is 0 Å². The Morgan fingerprint density at radius 3 is 2.55 bits per heavy atom. The van der Waals surface area contributed by atoms with E-state index < -0.39 is 0 Å². The first-order valence-corrected chi connectivity index (χ1v) is 7.48. The van der Waals surface area contributed by atoms with Crippen LogP contribution < -0.4 is 16.4 Å². The molecule has 0 spiro atoms. The molecule has 0 aromatic rings. The van der Waals surface area contributed by atoms with Crippen molar-refractivity contribution in [3.63, 3.8) is 0 Å². The lowest BCUT2D eigenvalue weighted by atomic mass is 9.85. The second-order valence-electron chi connectivity index (χ2n) is 5.86. The predicted molar refractivity (Wildman–Crippen MR) is 80.6 cm³/mol. The smallest absolute Gasteiger partial charge is 0.223 e. The van der Waals surface area contributed by atoms with Crippen molar-refractivity contribution in [2.24, 2.45) is 11.7 Å². The predicted octanol–water partition coefficient (Wildman–Crippen LogP) is 1.10. The van der Waals surface area contributed by atoms with Gasteiger partial charge in [0.15, 0.2) is 0 Å². The number of carbonyl (C=O) groups is 2. The quantitative estimate of drug-likeness (QED) is 0.643. The van der Waals surface area contributed by atoms with Crippen LogP contribution in [0.1, 0.15) is 51.4 Å². The number of nitrogens with two attached hydrogens (primary N) is 1. The van der Waals surface area contributed by atoms with Gasteiger partial charge in [-0.15, -0.1) is 12.4 Å². The summed E-state index contributed by atoms with van der Waals surface area (Å²) in [4.78, 5) is 23.4. The van der Waals surface area contributed by atoms with Gasteiger partial charge in [-0.1, -0.05) is 6.42 Å². The zero-order valence-electron chi connectivity index (χ0n) is 11.9. The monoisotopic (exact) mass is 303 g/mol. The van der Waals surface area contributed by atoms with Gasteiger partial charge in [0.05, 0.1) is 0 Å². The lowest BCUT2D eigenvalue weighted by Gasteiger charge is -2.25. The molecule has 116 valence electrons. The van der Waals surface area contributed by atoms with E-state index in [4.69, 9.17) is 5.73 Å². The Kier molecular flexibility index (Phi) is 7.30. The van der Waals surface area contributed by atoms with Crippen molar-refractivity contribution in [1.82, 2.24) is 10.6 Å². The molecule has 0 heterocycles. The SMILES string of the molecule is Cl.NC1CCCC(C(=O)NCCCC(=O)NC2CC2)C1. The third-order valence-corrected chi connectivity index (χ3v) is 3.91. The van der Waals surface area contributed by atoms with E-state index in [1.54, 1.807) is 0 Å².